The van der Waals surface area contributed by atoms with Crippen LogP contribution in [0.25, 0.3) is 16.9 Å². The van der Waals surface area contributed by atoms with Crippen LogP contribution in [-0.4, -0.2) is 46.8 Å². The first kappa shape index (κ1) is 23.4. The van der Waals surface area contributed by atoms with Gasteiger partial charge in [0.2, 0.25) is 0 Å². The zero-order valence-electron chi connectivity index (χ0n) is 18.4. The number of likely N-dealkylation sites (N-methyl/N-ethyl adjacent to an activating group) is 1. The largest absolute Gasteiger partial charge is 0.417 e. The predicted molar refractivity (Wildman–Crippen MR) is 124 cm³/mol. The van der Waals surface area contributed by atoms with Crippen LogP contribution < -0.4 is 5.32 Å². The van der Waals surface area contributed by atoms with Crippen molar-refractivity contribution >= 4 is 17.7 Å². The number of benzene rings is 2. The number of para-hydroxylation sites is 1. The molecule has 0 bridgehead atoms. The second-order valence-corrected chi connectivity index (χ2v) is 8.66. The number of hydrogen-bond donors (Lipinski definition) is 1. The van der Waals surface area contributed by atoms with Crippen molar-refractivity contribution < 1.29 is 18.0 Å². The first-order valence-corrected chi connectivity index (χ1v) is 11.8. The Morgan fingerprint density at radius 2 is 1.85 bits per heavy atom. The fraction of sp³-hybridized carbons (Fsp3) is 0.333. The van der Waals surface area contributed by atoms with Crippen molar-refractivity contribution in [3.63, 3.8) is 0 Å². The van der Waals surface area contributed by atoms with E-state index in [0.717, 1.165) is 30.9 Å². The number of rotatable bonds is 7. The summed E-state index contributed by atoms with van der Waals surface area (Å²) in [6, 6.07) is 13.3. The Bertz CT molecular complexity index is 1140. The van der Waals surface area contributed by atoms with Crippen LogP contribution in [0.4, 0.5) is 13.2 Å². The van der Waals surface area contributed by atoms with Crippen LogP contribution in [0.2, 0.25) is 0 Å². The number of alkyl halides is 3. The van der Waals surface area contributed by atoms with Crippen LogP contribution in [0.1, 0.15) is 35.5 Å². The number of carbonyl (C=O) groups excluding carboxylic acids is 1. The SMILES string of the molecule is CCN(CC)CCNC(=O)c1nn(-c2ccccc2)c2c1CSc1c-2cccc1C(F)(F)F. The Hall–Kier alpha value is -2.78. The van der Waals surface area contributed by atoms with Crippen molar-refractivity contribution in [1.82, 2.24) is 20.0 Å². The third kappa shape index (κ3) is 4.65. The summed E-state index contributed by atoms with van der Waals surface area (Å²) < 4.78 is 42.6. The van der Waals surface area contributed by atoms with E-state index in [1.54, 1.807) is 10.7 Å². The number of thioether (sulfide) groups is 1. The average molecular weight is 475 g/mol. The van der Waals surface area contributed by atoms with Gasteiger partial charge in [-0.3, -0.25) is 4.79 Å². The Labute approximate surface area is 195 Å². The molecule has 2 heterocycles. The van der Waals surface area contributed by atoms with Crippen molar-refractivity contribution in [2.75, 3.05) is 26.2 Å². The minimum atomic E-state index is -4.46. The number of amides is 1. The van der Waals surface area contributed by atoms with Gasteiger partial charge in [-0.05, 0) is 31.3 Å². The molecule has 1 aliphatic rings. The van der Waals surface area contributed by atoms with Gasteiger partial charge in [0.05, 0.1) is 16.9 Å². The topological polar surface area (TPSA) is 50.2 Å². The van der Waals surface area contributed by atoms with Crippen LogP contribution in [0.15, 0.2) is 53.4 Å². The Morgan fingerprint density at radius 1 is 1.12 bits per heavy atom. The summed E-state index contributed by atoms with van der Waals surface area (Å²) in [6.45, 7) is 7.08. The van der Waals surface area contributed by atoms with Crippen molar-refractivity contribution in [2.24, 2.45) is 0 Å². The number of nitrogens with zero attached hydrogens (tertiary/aromatic N) is 3. The summed E-state index contributed by atoms with van der Waals surface area (Å²) in [5.74, 6) is -0.0785. The van der Waals surface area contributed by atoms with E-state index in [0.29, 0.717) is 35.6 Å². The molecule has 3 aromatic rings. The maximum Gasteiger partial charge on any atom is 0.417 e. The van der Waals surface area contributed by atoms with Gasteiger partial charge in [-0.25, -0.2) is 4.68 Å². The summed E-state index contributed by atoms with van der Waals surface area (Å²) in [5, 5.41) is 7.51. The van der Waals surface area contributed by atoms with Crippen LogP contribution in [0.3, 0.4) is 0 Å². The highest BCUT2D eigenvalue weighted by Crippen LogP contribution is 2.48. The van der Waals surface area contributed by atoms with Gasteiger partial charge in [0, 0.05) is 34.9 Å². The third-order valence-corrected chi connectivity index (χ3v) is 6.91. The predicted octanol–water partition coefficient (Wildman–Crippen LogP) is 5.24. The molecule has 0 fully saturated rings. The van der Waals surface area contributed by atoms with E-state index in [9.17, 15) is 18.0 Å². The lowest BCUT2D eigenvalue weighted by Crippen LogP contribution is -2.35. The summed E-state index contributed by atoms with van der Waals surface area (Å²) in [7, 11) is 0. The maximum atomic E-state index is 13.7. The Kier molecular flexibility index (Phi) is 6.81. The average Bonchev–Trinajstić information content (AvgIpc) is 3.21. The highest BCUT2D eigenvalue weighted by atomic mass is 32.2. The molecule has 1 aromatic heterocycles. The number of aromatic nitrogens is 2. The molecule has 0 saturated heterocycles. The van der Waals surface area contributed by atoms with Gasteiger partial charge >= 0.3 is 6.18 Å². The molecular weight excluding hydrogens is 449 g/mol. The molecule has 1 amide bonds. The van der Waals surface area contributed by atoms with Crippen molar-refractivity contribution in [1.29, 1.82) is 0 Å². The summed E-state index contributed by atoms with van der Waals surface area (Å²) in [4.78, 5) is 15.4. The van der Waals surface area contributed by atoms with E-state index < -0.39 is 11.7 Å². The molecule has 0 atom stereocenters. The summed E-state index contributed by atoms with van der Waals surface area (Å²) in [6.07, 6.45) is -4.46. The lowest BCUT2D eigenvalue weighted by molar-refractivity contribution is -0.139. The molecule has 0 spiro atoms. The lowest BCUT2D eigenvalue weighted by Gasteiger charge is -2.22. The van der Waals surface area contributed by atoms with Gasteiger partial charge in [0.1, 0.15) is 0 Å². The monoisotopic (exact) mass is 474 g/mol. The minimum Gasteiger partial charge on any atom is -0.349 e. The van der Waals surface area contributed by atoms with Gasteiger partial charge in [0.25, 0.3) is 5.91 Å². The smallest absolute Gasteiger partial charge is 0.349 e. The Morgan fingerprint density at radius 3 is 2.52 bits per heavy atom. The van der Waals surface area contributed by atoms with Crippen LogP contribution in [-0.2, 0) is 11.9 Å². The zero-order chi connectivity index (χ0) is 23.6. The maximum absolute atomic E-state index is 13.7. The van der Waals surface area contributed by atoms with E-state index in [1.807, 2.05) is 30.3 Å². The summed E-state index contributed by atoms with van der Waals surface area (Å²) >= 11 is 1.10. The number of halogens is 3. The standard InChI is InChI=1S/C24H25F3N4OS/c1-3-30(4-2)14-13-28-23(32)20-18-15-33-22-17(11-8-12-19(22)24(25,26)27)21(18)31(29-20)16-9-6-5-7-10-16/h5-12H,3-4,13-15H2,1-2H3,(H,28,32). The number of hydrogen-bond acceptors (Lipinski definition) is 4. The van der Waals surface area contributed by atoms with E-state index >= 15 is 0 Å². The van der Waals surface area contributed by atoms with Crippen molar-refractivity contribution in [3.8, 4) is 16.9 Å². The molecular formula is C24H25F3N4OS. The number of carbonyl (C=O) groups is 1. The fourth-order valence-corrected chi connectivity index (χ4v) is 5.22. The van der Waals surface area contributed by atoms with Gasteiger partial charge < -0.3 is 10.2 Å². The quantitative estimate of drug-likeness (QED) is 0.509. The van der Waals surface area contributed by atoms with Gasteiger partial charge in [0.15, 0.2) is 5.69 Å². The highest BCUT2D eigenvalue weighted by Gasteiger charge is 2.38. The molecule has 1 N–H and O–H groups in total. The molecule has 1 aliphatic heterocycles. The number of nitrogens with one attached hydrogen (secondary N) is 1. The molecule has 5 nitrogen and oxygen atoms in total. The van der Waals surface area contributed by atoms with Gasteiger partial charge in [-0.1, -0.05) is 44.2 Å². The first-order valence-electron chi connectivity index (χ1n) is 10.9. The Balaban J connectivity index is 1.78. The highest BCUT2D eigenvalue weighted by molar-refractivity contribution is 7.98. The van der Waals surface area contributed by atoms with Gasteiger partial charge in [-0.15, -0.1) is 11.8 Å². The minimum absolute atomic E-state index is 0.170. The molecule has 0 unspecified atom stereocenters. The van der Waals surface area contributed by atoms with Crippen LogP contribution in [0.5, 0.6) is 0 Å². The van der Waals surface area contributed by atoms with Crippen molar-refractivity contribution in [2.45, 2.75) is 30.7 Å². The molecule has 9 heteroatoms. The molecule has 174 valence electrons. The number of fused-ring (bicyclic) bond motifs is 3. The molecule has 0 saturated carbocycles. The second-order valence-electron chi connectivity index (χ2n) is 7.67. The molecule has 4 rings (SSSR count). The van der Waals surface area contributed by atoms with Gasteiger partial charge in [-0.2, -0.15) is 18.3 Å². The van der Waals surface area contributed by atoms with E-state index in [4.69, 9.17) is 0 Å². The van der Waals surface area contributed by atoms with E-state index in [2.05, 4.69) is 29.2 Å². The third-order valence-electron chi connectivity index (χ3n) is 5.74. The molecule has 0 aliphatic carbocycles. The first-order chi connectivity index (χ1) is 15.8. The normalized spacial score (nSPS) is 13.0. The second kappa shape index (κ2) is 9.61. The fourth-order valence-electron chi connectivity index (χ4n) is 4.00. The molecule has 33 heavy (non-hydrogen) atoms. The zero-order valence-corrected chi connectivity index (χ0v) is 19.3. The van der Waals surface area contributed by atoms with Crippen molar-refractivity contribution in [3.05, 3.63) is 65.4 Å². The molecule has 2 aromatic carbocycles. The van der Waals surface area contributed by atoms with E-state index in [1.165, 1.54) is 6.07 Å². The van der Waals surface area contributed by atoms with Crippen LogP contribution >= 0.6 is 11.8 Å². The molecule has 0 radical (unpaired) electrons. The lowest BCUT2D eigenvalue weighted by atomic mass is 10.0. The van der Waals surface area contributed by atoms with E-state index in [-0.39, 0.29) is 22.2 Å². The summed E-state index contributed by atoms with van der Waals surface area (Å²) in [5.41, 5.74) is 1.90. The van der Waals surface area contributed by atoms with Crippen LogP contribution in [0, 0.1) is 0 Å².